The van der Waals surface area contributed by atoms with Crippen LogP contribution in [0.1, 0.15) is 32.6 Å². The highest BCUT2D eigenvalue weighted by atomic mass is 32.2. The van der Waals surface area contributed by atoms with Crippen LogP contribution in [0, 0.1) is 0 Å². The number of unbranched alkanes of at least 4 members (excludes halogenated alkanes) is 3. The van der Waals surface area contributed by atoms with Crippen molar-refractivity contribution in [3.05, 3.63) is 4.80 Å². The van der Waals surface area contributed by atoms with Gasteiger partial charge in [-0.1, -0.05) is 49.3 Å². The van der Waals surface area contributed by atoms with Crippen LogP contribution in [0.25, 0.3) is 0 Å². The van der Waals surface area contributed by atoms with E-state index in [0.717, 1.165) is 16.9 Å². The number of hydrogen-bond acceptors (Lipinski definition) is 6. The zero-order valence-corrected chi connectivity index (χ0v) is 15.0. The molecule has 0 radical (unpaired) electrons. The minimum Gasteiger partial charge on any atom is -0.451 e. The number of urea groups is 1. The second kappa shape index (κ2) is 9.62. The lowest BCUT2D eigenvalue weighted by Gasteiger charge is -2.03. The van der Waals surface area contributed by atoms with Crippen molar-refractivity contribution in [2.24, 2.45) is 4.99 Å². The molecular formula is C13H22N4O3S2. The fourth-order valence-electron chi connectivity index (χ4n) is 1.47. The molecule has 0 N–H and O–H groups in total. The lowest BCUT2D eigenvalue weighted by atomic mass is 10.2. The van der Waals surface area contributed by atoms with E-state index in [-0.39, 0.29) is 4.80 Å². The number of ether oxygens (including phenoxy) is 1. The summed E-state index contributed by atoms with van der Waals surface area (Å²) in [6.45, 7) is 2.17. The minimum atomic E-state index is -0.653. The Hall–Kier alpha value is -1.35. The van der Waals surface area contributed by atoms with Crippen molar-refractivity contribution < 1.29 is 14.3 Å². The molecule has 0 unspecified atom stereocenters. The summed E-state index contributed by atoms with van der Waals surface area (Å²) in [4.78, 5) is 28.8. The van der Waals surface area contributed by atoms with Crippen LogP contribution < -0.4 is 4.80 Å². The van der Waals surface area contributed by atoms with Crippen LogP contribution in [0.5, 0.6) is 0 Å². The van der Waals surface area contributed by atoms with Crippen LogP contribution in [0.2, 0.25) is 0 Å². The molecular weight excluding hydrogens is 324 g/mol. The Balaban J connectivity index is 2.86. The molecule has 2 amide bonds. The summed E-state index contributed by atoms with van der Waals surface area (Å²) in [6.07, 6.45) is 4.04. The normalized spacial score (nSPS) is 11.5. The second-order valence-electron chi connectivity index (χ2n) is 4.73. The third-order valence-corrected chi connectivity index (χ3v) is 4.81. The summed E-state index contributed by atoms with van der Waals surface area (Å²) in [5.74, 6) is 0.926. The van der Waals surface area contributed by atoms with E-state index in [4.69, 9.17) is 0 Å². The lowest BCUT2D eigenvalue weighted by Crippen LogP contribution is -2.28. The molecule has 0 bridgehead atoms. The molecule has 0 saturated carbocycles. The molecule has 7 nitrogen and oxygen atoms in total. The van der Waals surface area contributed by atoms with Gasteiger partial charge in [-0.3, -0.25) is 0 Å². The average molecular weight is 346 g/mol. The van der Waals surface area contributed by atoms with Crippen LogP contribution >= 0.6 is 23.1 Å². The van der Waals surface area contributed by atoms with Gasteiger partial charge in [0.25, 0.3) is 0 Å². The molecule has 22 heavy (non-hydrogen) atoms. The van der Waals surface area contributed by atoms with Crippen LogP contribution in [0.4, 0.5) is 9.59 Å². The van der Waals surface area contributed by atoms with E-state index in [1.807, 2.05) is 0 Å². The van der Waals surface area contributed by atoms with E-state index in [1.54, 1.807) is 25.9 Å². The zero-order valence-electron chi connectivity index (χ0n) is 13.4. The fourth-order valence-corrected chi connectivity index (χ4v) is 3.45. The smallest absolute Gasteiger partial charge is 0.437 e. The summed E-state index contributed by atoms with van der Waals surface area (Å²) >= 11 is 2.78. The second-order valence-corrected chi connectivity index (χ2v) is 7.03. The maximum Gasteiger partial charge on any atom is 0.437 e. The average Bonchev–Trinajstić information content (AvgIpc) is 2.89. The van der Waals surface area contributed by atoms with Crippen molar-refractivity contribution in [2.75, 3.05) is 27.0 Å². The number of amides is 2. The fraction of sp³-hybridized carbons (Fsp3) is 0.692. The molecule has 0 aliphatic heterocycles. The number of carbonyl (C=O) groups excluding carboxylic acids is 2. The maximum atomic E-state index is 11.7. The van der Waals surface area contributed by atoms with Crippen molar-refractivity contribution in [2.45, 2.75) is 36.9 Å². The summed E-state index contributed by atoms with van der Waals surface area (Å²) in [7, 11) is 4.46. The summed E-state index contributed by atoms with van der Waals surface area (Å²) in [5, 5.41) is 4.17. The highest BCUT2D eigenvalue weighted by Gasteiger charge is 2.14. The number of thioether (sulfide) groups is 1. The first kappa shape index (κ1) is 18.7. The van der Waals surface area contributed by atoms with E-state index in [2.05, 4.69) is 21.8 Å². The first-order valence-corrected chi connectivity index (χ1v) is 8.87. The highest BCUT2D eigenvalue weighted by Crippen LogP contribution is 2.19. The van der Waals surface area contributed by atoms with Gasteiger partial charge in [0.05, 0.1) is 7.11 Å². The highest BCUT2D eigenvalue weighted by molar-refractivity contribution is 8.00. The SMILES string of the molecule is CCCCCCSc1nn(C(=O)OC)c(=NC(=O)N(C)C)s1. The molecule has 0 spiro atoms. The lowest BCUT2D eigenvalue weighted by molar-refractivity contribution is 0.167. The predicted octanol–water partition coefficient (Wildman–Crippen LogP) is 2.81. The molecule has 124 valence electrons. The number of nitrogens with zero attached hydrogens (tertiary/aromatic N) is 4. The van der Waals surface area contributed by atoms with Gasteiger partial charge in [-0.15, -0.1) is 9.78 Å². The van der Waals surface area contributed by atoms with Crippen molar-refractivity contribution in [3.8, 4) is 0 Å². The van der Waals surface area contributed by atoms with E-state index in [9.17, 15) is 9.59 Å². The molecule has 0 atom stereocenters. The van der Waals surface area contributed by atoms with Crippen molar-refractivity contribution in [3.63, 3.8) is 0 Å². The van der Waals surface area contributed by atoms with Gasteiger partial charge in [0.15, 0.2) is 4.34 Å². The monoisotopic (exact) mass is 346 g/mol. The molecule has 1 rings (SSSR count). The topological polar surface area (TPSA) is 76.8 Å². The number of aromatic nitrogens is 2. The van der Waals surface area contributed by atoms with Gasteiger partial charge in [-0.2, -0.15) is 4.99 Å². The Labute approximate surface area is 138 Å². The molecule has 0 aromatic carbocycles. The molecule has 0 aliphatic carbocycles. The maximum absolute atomic E-state index is 11.7. The standard InChI is InChI=1S/C13H22N4O3S2/c1-5-6-7-8-9-21-12-15-17(13(19)20-4)11(22-12)14-10(18)16(2)3/h5-9H2,1-4H3. The molecule has 9 heteroatoms. The Morgan fingerprint density at radius 2 is 2.09 bits per heavy atom. The van der Waals surface area contributed by atoms with Gasteiger partial charge in [-0.25, -0.2) is 9.59 Å². The van der Waals surface area contributed by atoms with Crippen LogP contribution in [-0.4, -0.2) is 53.8 Å². The zero-order chi connectivity index (χ0) is 16.5. The quantitative estimate of drug-likeness (QED) is 0.585. The van der Waals surface area contributed by atoms with E-state index in [0.29, 0.717) is 4.34 Å². The van der Waals surface area contributed by atoms with Gasteiger partial charge >= 0.3 is 12.1 Å². The first-order chi connectivity index (χ1) is 10.5. The molecule has 0 saturated heterocycles. The van der Waals surface area contributed by atoms with E-state index < -0.39 is 12.1 Å². The van der Waals surface area contributed by atoms with Crippen molar-refractivity contribution in [1.29, 1.82) is 0 Å². The van der Waals surface area contributed by atoms with Gasteiger partial charge in [-0.05, 0) is 6.42 Å². The van der Waals surface area contributed by atoms with Gasteiger partial charge in [0.1, 0.15) is 0 Å². The van der Waals surface area contributed by atoms with Crippen LogP contribution in [0.15, 0.2) is 9.33 Å². The molecule has 1 aromatic heterocycles. The summed E-state index contributed by atoms with van der Waals surface area (Å²) in [5.41, 5.74) is 0. The van der Waals surface area contributed by atoms with Gasteiger partial charge < -0.3 is 9.64 Å². The summed E-state index contributed by atoms with van der Waals surface area (Å²) < 4.78 is 6.39. The Bertz CT molecular complexity index is 566. The molecule has 0 fully saturated rings. The minimum absolute atomic E-state index is 0.224. The number of hydrogen-bond donors (Lipinski definition) is 0. The van der Waals surface area contributed by atoms with Crippen LogP contribution in [-0.2, 0) is 4.74 Å². The van der Waals surface area contributed by atoms with Crippen LogP contribution in [0.3, 0.4) is 0 Å². The molecule has 0 aliphatic rings. The predicted molar refractivity (Wildman–Crippen MR) is 87.4 cm³/mol. The van der Waals surface area contributed by atoms with Crippen molar-refractivity contribution in [1.82, 2.24) is 14.7 Å². The summed E-state index contributed by atoms with van der Waals surface area (Å²) in [6, 6.07) is -0.444. The molecule has 1 heterocycles. The van der Waals surface area contributed by atoms with Crippen molar-refractivity contribution >= 4 is 35.2 Å². The number of methoxy groups -OCH3 is 1. The third-order valence-electron chi connectivity index (χ3n) is 2.69. The molecule has 1 aromatic rings. The first-order valence-electron chi connectivity index (χ1n) is 7.06. The van der Waals surface area contributed by atoms with E-state index in [1.165, 1.54) is 42.6 Å². The number of carbonyl (C=O) groups is 2. The largest absolute Gasteiger partial charge is 0.451 e. The Kier molecular flexibility index (Phi) is 8.18. The Morgan fingerprint density at radius 1 is 1.36 bits per heavy atom. The van der Waals surface area contributed by atoms with E-state index >= 15 is 0 Å². The van der Waals surface area contributed by atoms with Gasteiger partial charge in [0.2, 0.25) is 4.80 Å². The number of rotatable bonds is 6. The van der Waals surface area contributed by atoms with Gasteiger partial charge in [0, 0.05) is 19.8 Å². The Morgan fingerprint density at radius 3 is 2.68 bits per heavy atom. The third kappa shape index (κ3) is 5.80.